The number of methoxy groups -OCH3 is 1. The van der Waals surface area contributed by atoms with E-state index in [1.165, 1.54) is 12.3 Å². The number of ether oxygens (including phenoxy) is 2. The van der Waals surface area contributed by atoms with E-state index in [-0.39, 0.29) is 11.6 Å². The third kappa shape index (κ3) is 4.16. The SMILES string of the molecule is CCc1nc(-c2cnc(N)c(OC(F)F)c2)cc(C2C3CN(CCOC)CC32)n1. The highest BCUT2D eigenvalue weighted by Crippen LogP contribution is 2.57. The number of nitrogen functional groups attached to an aromatic ring is 1. The van der Waals surface area contributed by atoms with Crippen LogP contribution in [0.5, 0.6) is 5.75 Å². The smallest absolute Gasteiger partial charge is 0.387 e. The Hall–Kier alpha value is -2.39. The van der Waals surface area contributed by atoms with Crippen LogP contribution >= 0.6 is 0 Å². The standard InChI is InChI=1S/C20H25F2N5O2/c1-3-17-25-14(11-6-16(29-20(21)22)19(23)24-8-11)7-15(26-17)18-12-9-27(4-5-28-2)10-13(12)18/h6-8,12-13,18,20H,3-5,9-10H2,1-2H3,(H2,23,24). The summed E-state index contributed by atoms with van der Waals surface area (Å²) in [6.45, 7) is 2.83. The van der Waals surface area contributed by atoms with Crippen LogP contribution in [-0.2, 0) is 11.2 Å². The van der Waals surface area contributed by atoms with Crippen molar-refractivity contribution in [1.82, 2.24) is 19.9 Å². The van der Waals surface area contributed by atoms with Gasteiger partial charge in [0.15, 0.2) is 11.6 Å². The fraction of sp³-hybridized carbons (Fsp3) is 0.550. The zero-order valence-electron chi connectivity index (χ0n) is 16.5. The molecule has 1 saturated heterocycles. The maximum atomic E-state index is 12.6. The highest BCUT2D eigenvalue weighted by molar-refractivity contribution is 5.64. The monoisotopic (exact) mass is 405 g/mol. The number of pyridine rings is 1. The number of likely N-dealkylation sites (tertiary alicyclic amines) is 1. The summed E-state index contributed by atoms with van der Waals surface area (Å²) in [5.41, 5.74) is 7.91. The number of piperidine rings is 1. The fourth-order valence-corrected chi connectivity index (χ4v) is 4.24. The summed E-state index contributed by atoms with van der Waals surface area (Å²) in [4.78, 5) is 15.7. The number of alkyl halides is 2. The van der Waals surface area contributed by atoms with Crippen LogP contribution in [0.2, 0.25) is 0 Å². The van der Waals surface area contributed by atoms with Gasteiger partial charge in [0.1, 0.15) is 5.82 Å². The van der Waals surface area contributed by atoms with Crippen molar-refractivity contribution < 1.29 is 18.3 Å². The second kappa shape index (κ2) is 8.16. The topological polar surface area (TPSA) is 86.4 Å². The van der Waals surface area contributed by atoms with Gasteiger partial charge in [-0.1, -0.05) is 6.92 Å². The normalized spacial score (nSPS) is 23.4. The van der Waals surface area contributed by atoms with Gasteiger partial charge in [0.05, 0.1) is 12.3 Å². The maximum Gasteiger partial charge on any atom is 0.387 e. The molecule has 7 nitrogen and oxygen atoms in total. The third-order valence-corrected chi connectivity index (χ3v) is 5.72. The zero-order chi connectivity index (χ0) is 20.5. The minimum absolute atomic E-state index is 0.0769. The molecule has 2 atom stereocenters. The van der Waals surface area contributed by atoms with E-state index in [0.717, 1.165) is 37.8 Å². The van der Waals surface area contributed by atoms with Crippen LogP contribution in [0.15, 0.2) is 18.3 Å². The lowest BCUT2D eigenvalue weighted by Gasteiger charge is -2.19. The van der Waals surface area contributed by atoms with Crippen LogP contribution in [0.4, 0.5) is 14.6 Å². The van der Waals surface area contributed by atoms with E-state index < -0.39 is 6.61 Å². The number of nitrogens with two attached hydrogens (primary N) is 1. The Morgan fingerprint density at radius 2 is 2.00 bits per heavy atom. The van der Waals surface area contributed by atoms with Crippen molar-refractivity contribution >= 4 is 5.82 Å². The van der Waals surface area contributed by atoms with Crippen molar-refractivity contribution in [2.45, 2.75) is 25.9 Å². The molecule has 4 rings (SSSR count). The van der Waals surface area contributed by atoms with E-state index in [4.69, 9.17) is 15.5 Å². The Morgan fingerprint density at radius 3 is 2.66 bits per heavy atom. The zero-order valence-corrected chi connectivity index (χ0v) is 16.5. The van der Waals surface area contributed by atoms with E-state index in [0.29, 0.717) is 35.4 Å². The predicted molar refractivity (Wildman–Crippen MR) is 104 cm³/mol. The summed E-state index contributed by atoms with van der Waals surface area (Å²) in [6, 6.07) is 3.40. The van der Waals surface area contributed by atoms with Crippen molar-refractivity contribution in [1.29, 1.82) is 0 Å². The minimum atomic E-state index is -2.96. The quantitative estimate of drug-likeness (QED) is 0.722. The molecule has 2 unspecified atom stereocenters. The van der Waals surface area contributed by atoms with Crippen molar-refractivity contribution in [3.63, 3.8) is 0 Å². The number of hydrogen-bond acceptors (Lipinski definition) is 7. The molecule has 0 aromatic carbocycles. The van der Waals surface area contributed by atoms with Crippen LogP contribution < -0.4 is 10.5 Å². The van der Waals surface area contributed by atoms with Gasteiger partial charge in [0, 0.05) is 56.5 Å². The molecule has 2 aromatic rings. The number of rotatable bonds is 8. The lowest BCUT2D eigenvalue weighted by molar-refractivity contribution is -0.0494. The first-order chi connectivity index (χ1) is 14.0. The maximum absolute atomic E-state index is 12.6. The van der Waals surface area contributed by atoms with Crippen molar-refractivity contribution in [2.24, 2.45) is 11.8 Å². The summed E-state index contributed by atoms with van der Waals surface area (Å²) in [6.07, 6.45) is 2.21. The van der Waals surface area contributed by atoms with Gasteiger partial charge in [-0.25, -0.2) is 15.0 Å². The third-order valence-electron chi connectivity index (χ3n) is 5.72. The molecule has 2 aromatic heterocycles. The number of aryl methyl sites for hydroxylation is 1. The summed E-state index contributed by atoms with van der Waals surface area (Å²) < 4.78 is 34.9. The molecular weight excluding hydrogens is 380 g/mol. The molecule has 0 amide bonds. The average molecular weight is 405 g/mol. The van der Waals surface area contributed by atoms with E-state index >= 15 is 0 Å². The lowest BCUT2D eigenvalue weighted by atomic mass is 10.1. The molecule has 2 N–H and O–H groups in total. The Labute approximate surface area is 168 Å². The molecular formula is C20H25F2N5O2. The summed E-state index contributed by atoms with van der Waals surface area (Å²) in [7, 11) is 1.72. The fourth-order valence-electron chi connectivity index (χ4n) is 4.24. The molecule has 3 heterocycles. The van der Waals surface area contributed by atoms with Crippen LogP contribution in [0.25, 0.3) is 11.3 Å². The van der Waals surface area contributed by atoms with Crippen molar-refractivity contribution in [3.05, 3.63) is 29.8 Å². The number of nitrogens with zero attached hydrogens (tertiary/aromatic N) is 4. The van der Waals surface area contributed by atoms with Gasteiger partial charge in [-0.15, -0.1) is 0 Å². The number of fused-ring (bicyclic) bond motifs is 1. The molecule has 1 saturated carbocycles. The summed E-state index contributed by atoms with van der Waals surface area (Å²) in [5.74, 6) is 2.12. The largest absolute Gasteiger partial charge is 0.431 e. The first kappa shape index (κ1) is 19.9. The Kier molecular flexibility index (Phi) is 5.60. The molecule has 29 heavy (non-hydrogen) atoms. The van der Waals surface area contributed by atoms with Gasteiger partial charge in [-0.05, 0) is 24.0 Å². The van der Waals surface area contributed by atoms with Crippen LogP contribution in [0.1, 0.15) is 24.4 Å². The number of aromatic nitrogens is 3. The Bertz CT molecular complexity index is 870. The number of halogens is 2. The minimum Gasteiger partial charge on any atom is -0.431 e. The molecule has 2 fully saturated rings. The van der Waals surface area contributed by atoms with Crippen LogP contribution in [0, 0.1) is 11.8 Å². The van der Waals surface area contributed by atoms with Gasteiger partial charge in [0.2, 0.25) is 0 Å². The van der Waals surface area contributed by atoms with E-state index in [1.54, 1.807) is 7.11 Å². The van der Waals surface area contributed by atoms with Gasteiger partial charge < -0.3 is 20.1 Å². The molecule has 1 aliphatic heterocycles. The summed E-state index contributed by atoms with van der Waals surface area (Å²) in [5, 5.41) is 0. The highest BCUT2D eigenvalue weighted by Gasteiger charge is 2.56. The first-order valence-electron chi connectivity index (χ1n) is 9.80. The molecule has 0 radical (unpaired) electrons. The molecule has 1 aliphatic carbocycles. The second-order valence-electron chi connectivity index (χ2n) is 7.54. The van der Waals surface area contributed by atoms with E-state index in [2.05, 4.69) is 19.6 Å². The predicted octanol–water partition coefficient (Wildman–Crippen LogP) is 2.58. The molecule has 2 aliphatic rings. The average Bonchev–Trinajstić information content (AvgIpc) is 3.22. The van der Waals surface area contributed by atoms with E-state index in [9.17, 15) is 8.78 Å². The Morgan fingerprint density at radius 1 is 1.24 bits per heavy atom. The van der Waals surface area contributed by atoms with Crippen molar-refractivity contribution in [2.75, 3.05) is 39.1 Å². The lowest BCUT2D eigenvalue weighted by Crippen LogP contribution is -2.28. The molecule has 0 spiro atoms. The van der Waals surface area contributed by atoms with Crippen LogP contribution in [-0.4, -0.2) is 59.8 Å². The van der Waals surface area contributed by atoms with Gasteiger partial charge in [-0.2, -0.15) is 8.78 Å². The summed E-state index contributed by atoms with van der Waals surface area (Å²) >= 11 is 0. The van der Waals surface area contributed by atoms with Crippen molar-refractivity contribution in [3.8, 4) is 17.0 Å². The first-order valence-corrected chi connectivity index (χ1v) is 9.80. The van der Waals surface area contributed by atoms with Gasteiger partial charge in [-0.3, -0.25) is 0 Å². The van der Waals surface area contributed by atoms with Gasteiger partial charge >= 0.3 is 6.61 Å². The number of anilines is 1. The molecule has 9 heteroatoms. The Balaban J connectivity index is 1.56. The van der Waals surface area contributed by atoms with Gasteiger partial charge in [0.25, 0.3) is 0 Å². The van der Waals surface area contributed by atoms with E-state index in [1.807, 2.05) is 13.0 Å². The molecule has 156 valence electrons. The van der Waals surface area contributed by atoms with Crippen LogP contribution in [0.3, 0.4) is 0 Å². The number of hydrogen-bond donors (Lipinski definition) is 1. The highest BCUT2D eigenvalue weighted by atomic mass is 19.3. The second-order valence-corrected chi connectivity index (χ2v) is 7.54. The molecule has 0 bridgehead atoms.